The van der Waals surface area contributed by atoms with Crippen molar-refractivity contribution < 1.29 is 37.5 Å². The van der Waals surface area contributed by atoms with Gasteiger partial charge in [0.1, 0.15) is 0 Å². The molecule has 0 aromatic rings. The van der Waals surface area contributed by atoms with E-state index in [1.807, 2.05) is 0 Å². The van der Waals surface area contributed by atoms with Crippen LogP contribution in [0.4, 0.5) is 4.79 Å². The van der Waals surface area contributed by atoms with Gasteiger partial charge in [0.2, 0.25) is 0 Å². The topological polar surface area (TPSA) is 58.5 Å². The van der Waals surface area contributed by atoms with Crippen LogP contribution in [0.2, 0.25) is 0 Å². The van der Waals surface area contributed by atoms with E-state index in [0.29, 0.717) is 0 Å². The molecule has 0 unspecified atom stereocenters. The maximum absolute atomic E-state index is 10.2. The largest absolute Gasteiger partial charge is 0.374 e. The van der Waals surface area contributed by atoms with Gasteiger partial charge in [-0.25, -0.2) is 11.1 Å². The molecule has 0 aromatic heterocycles. The third-order valence-electron chi connectivity index (χ3n) is 0.656. The number of carbonyl (C=O) groups is 1. The Morgan fingerprint density at radius 1 is 1.75 bits per heavy atom. The Morgan fingerprint density at radius 2 is 2.38 bits per heavy atom. The molecule has 6 heteroatoms. The van der Waals surface area contributed by atoms with E-state index in [-0.39, 0.29) is 38.7 Å². The summed E-state index contributed by atoms with van der Waals surface area (Å²) in [5, 5.41) is 1.24. The summed E-state index contributed by atoms with van der Waals surface area (Å²) in [6.45, 7) is 0. The van der Waals surface area contributed by atoms with Gasteiger partial charge in [0.05, 0.1) is 0 Å². The van der Waals surface area contributed by atoms with E-state index in [4.69, 9.17) is 0 Å². The summed E-state index contributed by atoms with van der Waals surface area (Å²) in [6.07, 6.45) is 0. The van der Waals surface area contributed by atoms with Gasteiger partial charge < -0.3 is 10.4 Å². The Labute approximate surface area is 72.0 Å². The molecule has 2 amide bonds. The zero-order chi connectivity index (χ0) is 5.28. The van der Waals surface area contributed by atoms with Crippen LogP contribution in [0.3, 0.4) is 0 Å². The minimum atomic E-state index is -0.306. The van der Waals surface area contributed by atoms with Crippen LogP contribution in [-0.2, 0) is 32.7 Å². The van der Waals surface area contributed by atoms with Gasteiger partial charge in [-0.1, -0.05) is 0 Å². The van der Waals surface area contributed by atoms with E-state index in [1.54, 1.807) is 7.05 Å². The molecule has 2 N–H and O–H groups in total. The van der Waals surface area contributed by atoms with E-state index >= 15 is 0 Å². The van der Waals surface area contributed by atoms with E-state index < -0.39 is 0 Å². The van der Waals surface area contributed by atoms with Crippen molar-refractivity contribution in [1.82, 2.24) is 16.1 Å². The average Bonchev–Trinajstić information content (AvgIpc) is 1.91. The quantitative estimate of drug-likeness (QED) is 0.533. The van der Waals surface area contributed by atoms with Crippen LogP contribution in [0.15, 0.2) is 0 Å². The van der Waals surface area contributed by atoms with E-state index in [9.17, 15) is 4.79 Å². The number of rotatable bonds is 0. The van der Waals surface area contributed by atoms with Crippen LogP contribution >= 0.6 is 0 Å². The average molecular weight is 190 g/mol. The fourth-order valence-corrected chi connectivity index (χ4v) is 0.271. The molecule has 0 spiro atoms. The molecule has 8 heavy (non-hydrogen) atoms. The van der Waals surface area contributed by atoms with Gasteiger partial charge in [0, 0.05) is 32.7 Å². The van der Waals surface area contributed by atoms with E-state index in [0.717, 1.165) is 0 Å². The van der Waals surface area contributed by atoms with Crippen LogP contribution < -0.4 is 11.1 Å². The number of hydrazine groups is 2. The first-order valence-electron chi connectivity index (χ1n) is 1.80. The van der Waals surface area contributed by atoms with E-state index in [1.165, 1.54) is 5.01 Å². The molecule has 5 nitrogen and oxygen atoms in total. The SMILES string of the molecule is CN1NN[N-]C1=O.[Y]. The zero-order valence-corrected chi connectivity index (χ0v) is 7.22. The Morgan fingerprint density at radius 3 is 2.50 bits per heavy atom. The maximum atomic E-state index is 10.2. The number of hydrogen-bond donors (Lipinski definition) is 2. The van der Waals surface area contributed by atoms with Crippen molar-refractivity contribution in [3.8, 4) is 0 Å². The molecule has 43 valence electrons. The van der Waals surface area contributed by atoms with Gasteiger partial charge in [0.15, 0.2) is 6.03 Å². The Kier molecular flexibility index (Phi) is 3.47. The summed E-state index contributed by atoms with van der Waals surface area (Å²) in [7, 11) is 1.58. The van der Waals surface area contributed by atoms with Gasteiger partial charge in [0.25, 0.3) is 0 Å². The van der Waals surface area contributed by atoms with Gasteiger partial charge in [-0.2, -0.15) is 0 Å². The predicted octanol–water partition coefficient (Wildman–Crippen LogP) is -0.653. The summed E-state index contributed by atoms with van der Waals surface area (Å²) in [4.78, 5) is 10.2. The number of carbonyl (C=O) groups excluding carboxylic acids is 1. The summed E-state index contributed by atoms with van der Waals surface area (Å²) >= 11 is 0. The van der Waals surface area contributed by atoms with Crippen LogP contribution in [0.5, 0.6) is 0 Å². The van der Waals surface area contributed by atoms with Crippen LogP contribution in [0.1, 0.15) is 0 Å². The normalized spacial score (nSPS) is 17.6. The third kappa shape index (κ3) is 1.66. The second-order valence-corrected chi connectivity index (χ2v) is 1.18. The molecule has 1 aliphatic heterocycles. The van der Waals surface area contributed by atoms with Crippen molar-refractivity contribution >= 4 is 6.03 Å². The van der Waals surface area contributed by atoms with Gasteiger partial charge >= 0.3 is 0 Å². The molecule has 1 radical (unpaired) electrons. The molecule has 1 fully saturated rings. The first-order chi connectivity index (χ1) is 3.30. The minimum Gasteiger partial charge on any atom is -0.374 e. The fourth-order valence-electron chi connectivity index (χ4n) is 0.271. The monoisotopic (exact) mass is 190 g/mol. The van der Waals surface area contributed by atoms with Crippen molar-refractivity contribution in [1.29, 1.82) is 0 Å². The van der Waals surface area contributed by atoms with Gasteiger partial charge in [-0.3, -0.25) is 4.79 Å². The van der Waals surface area contributed by atoms with Crippen molar-refractivity contribution in [2.75, 3.05) is 7.05 Å². The zero-order valence-electron chi connectivity index (χ0n) is 4.38. The Hall–Kier alpha value is 0.294. The van der Waals surface area contributed by atoms with Gasteiger partial charge in [-0.15, -0.1) is 0 Å². The summed E-state index contributed by atoms with van der Waals surface area (Å²) in [6, 6.07) is -0.306. The van der Waals surface area contributed by atoms with Crippen molar-refractivity contribution in [2.45, 2.75) is 0 Å². The summed E-state index contributed by atoms with van der Waals surface area (Å²) in [5.74, 6) is 0. The van der Waals surface area contributed by atoms with Crippen molar-refractivity contribution in [3.63, 3.8) is 0 Å². The van der Waals surface area contributed by atoms with Crippen LogP contribution in [-0.4, -0.2) is 18.1 Å². The maximum Gasteiger partial charge on any atom is 0.180 e. The molecular weight excluding hydrogens is 185 g/mol. The Balaban J connectivity index is 0.000000490. The first-order valence-corrected chi connectivity index (χ1v) is 1.80. The smallest absolute Gasteiger partial charge is 0.180 e. The van der Waals surface area contributed by atoms with E-state index in [2.05, 4.69) is 16.5 Å². The molecular formula is C2H5N4OY-. The minimum absolute atomic E-state index is 0. The molecule has 0 aliphatic carbocycles. The molecule has 1 rings (SSSR count). The molecule has 0 aromatic carbocycles. The van der Waals surface area contributed by atoms with Gasteiger partial charge in [-0.05, 0) is 7.05 Å². The molecule has 1 heterocycles. The number of amides is 2. The predicted molar refractivity (Wildman–Crippen MR) is 22.8 cm³/mol. The van der Waals surface area contributed by atoms with Crippen LogP contribution in [0, 0.1) is 0 Å². The molecule has 0 atom stereocenters. The Bertz CT molecular complexity index is 96.0. The number of urea groups is 1. The van der Waals surface area contributed by atoms with Crippen molar-refractivity contribution in [2.24, 2.45) is 0 Å². The first kappa shape index (κ1) is 8.29. The summed E-state index contributed by atoms with van der Waals surface area (Å²) < 4.78 is 0. The number of nitrogens with zero attached hydrogens (tertiary/aromatic N) is 2. The molecule has 0 bridgehead atoms. The van der Waals surface area contributed by atoms with Crippen LogP contribution in [0.25, 0.3) is 5.43 Å². The molecule has 1 saturated heterocycles. The number of nitrogens with one attached hydrogen (secondary N) is 2. The van der Waals surface area contributed by atoms with Crippen molar-refractivity contribution in [3.05, 3.63) is 5.43 Å². The number of hydrogen-bond acceptors (Lipinski definition) is 3. The summed E-state index contributed by atoms with van der Waals surface area (Å²) in [5.41, 5.74) is 7.95. The fraction of sp³-hybridized carbons (Fsp3) is 0.500. The second-order valence-electron chi connectivity index (χ2n) is 1.18. The third-order valence-corrected chi connectivity index (χ3v) is 0.656. The second kappa shape index (κ2) is 3.35. The standard InChI is InChI=1S/C2H6N4O.Y/c1-6-2(7)3-4-5-6;/h4-5H,1H3,(H,3,7);/p-1. The molecule has 0 saturated carbocycles. The molecule has 1 aliphatic rings.